The summed E-state index contributed by atoms with van der Waals surface area (Å²) in [6.07, 6.45) is 6.36. The minimum absolute atomic E-state index is 0.133. The molecule has 0 unspecified atom stereocenters. The van der Waals surface area contributed by atoms with E-state index in [1.807, 2.05) is 6.07 Å². The Labute approximate surface area is 190 Å². The zero-order valence-electron chi connectivity index (χ0n) is 18.9. The van der Waals surface area contributed by atoms with Crippen LogP contribution in [0.5, 0.6) is 11.5 Å². The second-order valence-corrected chi connectivity index (χ2v) is 8.90. The van der Waals surface area contributed by atoms with Crippen LogP contribution in [0, 0.1) is 0 Å². The van der Waals surface area contributed by atoms with E-state index in [2.05, 4.69) is 34.5 Å². The maximum atomic E-state index is 12.7. The van der Waals surface area contributed by atoms with Gasteiger partial charge in [0.05, 0.1) is 19.3 Å². The molecule has 2 fully saturated rings. The molecule has 1 saturated heterocycles. The highest BCUT2D eigenvalue weighted by Crippen LogP contribution is 2.32. The molecule has 6 heteroatoms. The highest BCUT2D eigenvalue weighted by atomic mass is 16.5. The smallest absolute Gasteiger partial charge is 0.251 e. The van der Waals surface area contributed by atoms with Crippen molar-refractivity contribution in [3.8, 4) is 11.5 Å². The van der Waals surface area contributed by atoms with Gasteiger partial charge in [-0.05, 0) is 67.9 Å². The number of amides is 1. The van der Waals surface area contributed by atoms with Crippen molar-refractivity contribution in [2.75, 3.05) is 20.2 Å². The van der Waals surface area contributed by atoms with Gasteiger partial charge in [-0.25, -0.2) is 0 Å². The van der Waals surface area contributed by atoms with Gasteiger partial charge in [0, 0.05) is 31.7 Å². The summed E-state index contributed by atoms with van der Waals surface area (Å²) >= 11 is 0. The van der Waals surface area contributed by atoms with Crippen molar-refractivity contribution >= 4 is 5.91 Å². The van der Waals surface area contributed by atoms with Crippen molar-refractivity contribution in [3.05, 3.63) is 59.2 Å². The molecular formula is C26H34N2O4. The Hall–Kier alpha value is -2.57. The first-order valence-corrected chi connectivity index (χ1v) is 11.7. The van der Waals surface area contributed by atoms with Crippen LogP contribution in [0.4, 0.5) is 0 Å². The van der Waals surface area contributed by atoms with E-state index in [1.54, 1.807) is 19.2 Å². The Balaban J connectivity index is 1.29. The van der Waals surface area contributed by atoms with E-state index in [-0.39, 0.29) is 18.1 Å². The number of methoxy groups -OCH3 is 1. The molecule has 1 saturated carbocycles. The van der Waals surface area contributed by atoms with Crippen molar-refractivity contribution in [1.82, 2.24) is 10.2 Å². The maximum Gasteiger partial charge on any atom is 0.251 e. The zero-order valence-corrected chi connectivity index (χ0v) is 18.9. The van der Waals surface area contributed by atoms with Gasteiger partial charge >= 0.3 is 0 Å². The number of aliphatic hydroxyl groups is 1. The lowest BCUT2D eigenvalue weighted by Gasteiger charge is -2.29. The molecule has 0 aromatic heterocycles. The first-order valence-electron chi connectivity index (χ1n) is 11.7. The number of rotatable bonds is 8. The average molecular weight is 439 g/mol. The van der Waals surface area contributed by atoms with Gasteiger partial charge in [0.15, 0.2) is 11.5 Å². The molecule has 2 aromatic rings. The molecule has 0 bridgehead atoms. The number of ether oxygens (including phenoxy) is 2. The molecule has 2 N–H and O–H groups in total. The highest BCUT2D eigenvalue weighted by molar-refractivity contribution is 5.94. The fraction of sp³-hybridized carbons (Fsp3) is 0.500. The topological polar surface area (TPSA) is 71.0 Å². The molecule has 1 aliphatic heterocycles. The molecule has 1 aliphatic carbocycles. The third-order valence-corrected chi connectivity index (χ3v) is 6.46. The molecule has 172 valence electrons. The average Bonchev–Trinajstić information content (AvgIpc) is 3.33. The first-order chi connectivity index (χ1) is 15.6. The minimum atomic E-state index is -0.145. The van der Waals surface area contributed by atoms with Gasteiger partial charge in [-0.1, -0.05) is 24.3 Å². The first kappa shape index (κ1) is 22.6. The summed E-state index contributed by atoms with van der Waals surface area (Å²) in [7, 11) is 1.60. The molecule has 1 amide bonds. The van der Waals surface area contributed by atoms with Crippen LogP contribution in [0.2, 0.25) is 0 Å². The molecule has 2 aromatic carbocycles. The fourth-order valence-corrected chi connectivity index (χ4v) is 4.47. The van der Waals surface area contributed by atoms with Crippen molar-refractivity contribution in [3.63, 3.8) is 0 Å². The fourth-order valence-electron chi connectivity index (χ4n) is 4.47. The lowest BCUT2D eigenvalue weighted by molar-refractivity contribution is 0.0792. The lowest BCUT2D eigenvalue weighted by Crippen LogP contribution is -2.35. The SMILES string of the molecule is COc1cc(C(=O)NCc2ccc(CN3CCC(O)CC3)cc2)ccc1OC1CCCC1. The molecule has 0 radical (unpaired) electrons. The largest absolute Gasteiger partial charge is 0.493 e. The number of carbonyl (C=O) groups excluding carboxylic acids is 1. The van der Waals surface area contributed by atoms with E-state index < -0.39 is 0 Å². The van der Waals surface area contributed by atoms with Crippen LogP contribution in [0.15, 0.2) is 42.5 Å². The van der Waals surface area contributed by atoms with Crippen LogP contribution < -0.4 is 14.8 Å². The molecule has 4 rings (SSSR count). The molecule has 2 aliphatic rings. The second kappa shape index (κ2) is 10.8. The number of carbonyl (C=O) groups is 1. The van der Waals surface area contributed by atoms with Crippen LogP contribution in [0.3, 0.4) is 0 Å². The van der Waals surface area contributed by atoms with E-state index in [9.17, 15) is 9.90 Å². The summed E-state index contributed by atoms with van der Waals surface area (Å²) in [5.41, 5.74) is 2.87. The number of hydrogen-bond acceptors (Lipinski definition) is 5. The summed E-state index contributed by atoms with van der Waals surface area (Å²) < 4.78 is 11.5. The van der Waals surface area contributed by atoms with Crippen LogP contribution >= 0.6 is 0 Å². The molecule has 0 spiro atoms. The van der Waals surface area contributed by atoms with Crippen LogP contribution in [0.1, 0.15) is 60.0 Å². The van der Waals surface area contributed by atoms with Crippen molar-refractivity contribution in [2.24, 2.45) is 0 Å². The highest BCUT2D eigenvalue weighted by Gasteiger charge is 2.19. The van der Waals surface area contributed by atoms with Gasteiger partial charge in [-0.3, -0.25) is 9.69 Å². The summed E-state index contributed by atoms with van der Waals surface area (Å²) in [5, 5.41) is 12.6. The standard InChI is InChI=1S/C26H34N2O4/c1-31-25-16-21(10-11-24(25)32-23-4-2-3-5-23)26(30)27-17-19-6-8-20(9-7-19)18-28-14-12-22(29)13-15-28/h6-11,16,22-23,29H,2-5,12-15,17-18H2,1H3,(H,27,30). The summed E-state index contributed by atoms with van der Waals surface area (Å²) in [6.45, 7) is 3.24. The lowest BCUT2D eigenvalue weighted by atomic mass is 10.1. The van der Waals surface area contributed by atoms with E-state index in [0.29, 0.717) is 23.6 Å². The Kier molecular flexibility index (Phi) is 7.66. The summed E-state index contributed by atoms with van der Waals surface area (Å²) in [4.78, 5) is 15.0. The van der Waals surface area contributed by atoms with Gasteiger partial charge in [0.1, 0.15) is 0 Å². The monoisotopic (exact) mass is 438 g/mol. The van der Waals surface area contributed by atoms with Crippen molar-refractivity contribution in [1.29, 1.82) is 0 Å². The minimum Gasteiger partial charge on any atom is -0.493 e. The number of likely N-dealkylation sites (tertiary alicyclic amines) is 1. The molecular weight excluding hydrogens is 404 g/mol. The molecule has 1 heterocycles. The van der Waals surface area contributed by atoms with Gasteiger partial charge in [0.2, 0.25) is 0 Å². The van der Waals surface area contributed by atoms with Crippen LogP contribution in [-0.4, -0.2) is 48.3 Å². The van der Waals surface area contributed by atoms with Gasteiger partial charge in [0.25, 0.3) is 5.91 Å². The van der Waals surface area contributed by atoms with Crippen LogP contribution in [0.25, 0.3) is 0 Å². The normalized spacial score (nSPS) is 17.9. The van der Waals surface area contributed by atoms with E-state index in [4.69, 9.17) is 9.47 Å². The molecule has 0 atom stereocenters. The number of nitrogens with one attached hydrogen (secondary N) is 1. The summed E-state index contributed by atoms with van der Waals surface area (Å²) in [6, 6.07) is 13.7. The van der Waals surface area contributed by atoms with Crippen molar-refractivity contribution in [2.45, 2.75) is 63.8 Å². The van der Waals surface area contributed by atoms with E-state index in [1.165, 1.54) is 18.4 Å². The molecule has 6 nitrogen and oxygen atoms in total. The van der Waals surface area contributed by atoms with Crippen LogP contribution in [-0.2, 0) is 13.1 Å². The predicted octanol–water partition coefficient (Wildman–Crippen LogP) is 3.90. The number of hydrogen-bond donors (Lipinski definition) is 2. The number of aliphatic hydroxyl groups excluding tert-OH is 1. The van der Waals surface area contributed by atoms with Gasteiger partial charge < -0.3 is 19.9 Å². The Morgan fingerprint density at radius 3 is 2.38 bits per heavy atom. The third-order valence-electron chi connectivity index (χ3n) is 6.46. The Bertz CT molecular complexity index is 885. The molecule has 32 heavy (non-hydrogen) atoms. The summed E-state index contributed by atoms with van der Waals surface area (Å²) in [5.74, 6) is 1.17. The Morgan fingerprint density at radius 2 is 1.69 bits per heavy atom. The van der Waals surface area contributed by atoms with E-state index in [0.717, 1.165) is 50.9 Å². The van der Waals surface area contributed by atoms with Gasteiger partial charge in [-0.15, -0.1) is 0 Å². The number of nitrogens with zero attached hydrogens (tertiary/aromatic N) is 1. The Morgan fingerprint density at radius 1 is 1.00 bits per heavy atom. The predicted molar refractivity (Wildman–Crippen MR) is 124 cm³/mol. The van der Waals surface area contributed by atoms with Gasteiger partial charge in [-0.2, -0.15) is 0 Å². The number of piperidine rings is 1. The maximum absolute atomic E-state index is 12.7. The number of benzene rings is 2. The quantitative estimate of drug-likeness (QED) is 0.654. The second-order valence-electron chi connectivity index (χ2n) is 8.90. The van der Waals surface area contributed by atoms with E-state index >= 15 is 0 Å². The van der Waals surface area contributed by atoms with Crippen molar-refractivity contribution < 1.29 is 19.4 Å². The zero-order chi connectivity index (χ0) is 22.3. The third kappa shape index (κ3) is 6.02.